The Kier molecular flexibility index (Phi) is 4.48. The third kappa shape index (κ3) is 3.56. The highest BCUT2D eigenvalue weighted by Crippen LogP contribution is 2.36. The van der Waals surface area contributed by atoms with Gasteiger partial charge in [-0.1, -0.05) is 11.6 Å². The van der Waals surface area contributed by atoms with Crippen LogP contribution in [0.4, 0.5) is 32.2 Å². The highest BCUT2D eigenvalue weighted by atomic mass is 35.5. The zero-order valence-corrected chi connectivity index (χ0v) is 12.5. The number of nitriles is 1. The van der Waals surface area contributed by atoms with Gasteiger partial charge in [0.15, 0.2) is 5.82 Å². The van der Waals surface area contributed by atoms with Crippen molar-refractivity contribution >= 4 is 17.4 Å². The molecule has 0 unspecified atom stereocenters. The van der Waals surface area contributed by atoms with Crippen molar-refractivity contribution in [2.45, 2.75) is 12.4 Å². The third-order valence-electron chi connectivity index (χ3n) is 3.08. The van der Waals surface area contributed by atoms with Crippen molar-refractivity contribution in [2.75, 3.05) is 0 Å². The predicted octanol–water partition coefficient (Wildman–Crippen LogP) is 4.10. The monoisotopic (exact) mass is 379 g/mol. The standard InChI is InChI=1S/C14H4ClF6N3O/c15-9-2-7(13(16,17)18)1-6(5-22)12(9)24-10(23)3-8(4-11(24)25)14(19,20)21/h1-4H. The molecule has 0 saturated carbocycles. The summed E-state index contributed by atoms with van der Waals surface area (Å²) < 4.78 is 76.4. The van der Waals surface area contributed by atoms with E-state index in [1.54, 1.807) is 0 Å². The van der Waals surface area contributed by atoms with E-state index in [4.69, 9.17) is 16.9 Å². The lowest BCUT2D eigenvalue weighted by Gasteiger charge is -2.16. The molecule has 2 rings (SSSR count). The molecule has 1 heterocycles. The van der Waals surface area contributed by atoms with E-state index >= 15 is 0 Å². The van der Waals surface area contributed by atoms with E-state index in [-0.39, 0.29) is 16.7 Å². The molecule has 2 radical (unpaired) electrons. The second-order valence-corrected chi connectivity index (χ2v) is 5.14. The van der Waals surface area contributed by atoms with E-state index in [1.165, 1.54) is 6.07 Å². The Balaban J connectivity index is 2.80. The summed E-state index contributed by atoms with van der Waals surface area (Å²) in [5, 5.41) is 8.26. The van der Waals surface area contributed by atoms with E-state index in [1.807, 2.05) is 0 Å². The average Bonchev–Trinajstić information content (AvgIpc) is 2.45. The Morgan fingerprint density at radius 3 is 1.92 bits per heavy atom. The molecule has 0 saturated heterocycles. The van der Waals surface area contributed by atoms with Crippen molar-refractivity contribution in [1.82, 2.24) is 10.3 Å². The Morgan fingerprint density at radius 2 is 1.48 bits per heavy atom. The summed E-state index contributed by atoms with van der Waals surface area (Å²) in [4.78, 5) is 11.9. The normalized spacial score (nSPS) is 12.1. The number of benzene rings is 1. The van der Waals surface area contributed by atoms with E-state index < -0.39 is 51.1 Å². The molecule has 2 aromatic rings. The van der Waals surface area contributed by atoms with E-state index in [0.29, 0.717) is 12.1 Å². The highest BCUT2D eigenvalue weighted by Gasteiger charge is 2.34. The molecule has 4 nitrogen and oxygen atoms in total. The van der Waals surface area contributed by atoms with Crippen LogP contribution in [-0.2, 0) is 12.4 Å². The molecule has 0 bridgehead atoms. The number of hydrogen-bond donors (Lipinski definition) is 0. The van der Waals surface area contributed by atoms with Gasteiger partial charge in [0.25, 0.3) is 5.56 Å². The maximum Gasteiger partial charge on any atom is 0.416 e. The van der Waals surface area contributed by atoms with Crippen molar-refractivity contribution in [2.24, 2.45) is 0 Å². The fourth-order valence-corrected chi connectivity index (χ4v) is 2.32. The molecule has 0 atom stereocenters. The van der Waals surface area contributed by atoms with Crippen molar-refractivity contribution in [3.63, 3.8) is 0 Å². The van der Waals surface area contributed by atoms with Crippen molar-refractivity contribution < 1.29 is 26.3 Å². The van der Waals surface area contributed by atoms with Gasteiger partial charge in [0, 0.05) is 6.07 Å². The van der Waals surface area contributed by atoms with Crippen molar-refractivity contribution in [1.29, 1.82) is 5.26 Å². The quantitative estimate of drug-likeness (QED) is 0.700. The number of halogens is 7. The summed E-state index contributed by atoms with van der Waals surface area (Å²) in [6.45, 7) is 0. The first-order valence-corrected chi connectivity index (χ1v) is 6.58. The highest BCUT2D eigenvalue weighted by molar-refractivity contribution is 6.32. The number of hydrogen-bond acceptors (Lipinski definition) is 2. The van der Waals surface area contributed by atoms with Crippen LogP contribution in [0.25, 0.3) is 5.69 Å². The van der Waals surface area contributed by atoms with E-state index in [2.05, 4.69) is 0 Å². The van der Waals surface area contributed by atoms with Crippen LogP contribution in [-0.4, -0.2) is 4.57 Å². The van der Waals surface area contributed by atoms with E-state index in [0.717, 1.165) is 0 Å². The van der Waals surface area contributed by atoms with Gasteiger partial charge in [-0.2, -0.15) is 31.6 Å². The van der Waals surface area contributed by atoms with Crippen LogP contribution in [0.1, 0.15) is 16.7 Å². The summed E-state index contributed by atoms with van der Waals surface area (Å²) in [5.41, 5.74) is 4.14. The maximum atomic E-state index is 12.8. The molecule has 1 aromatic carbocycles. The third-order valence-corrected chi connectivity index (χ3v) is 3.36. The number of nitrogens with zero attached hydrogens (tertiary/aromatic N) is 3. The van der Waals surface area contributed by atoms with Gasteiger partial charge in [-0.3, -0.25) is 9.36 Å². The predicted molar refractivity (Wildman–Crippen MR) is 73.6 cm³/mol. The number of pyridine rings is 1. The maximum absolute atomic E-state index is 12.8. The molecule has 0 amide bonds. The lowest BCUT2D eigenvalue weighted by Crippen LogP contribution is -2.23. The van der Waals surface area contributed by atoms with Gasteiger partial charge in [0.05, 0.1) is 27.4 Å². The first kappa shape index (κ1) is 18.7. The minimum absolute atomic E-state index is 0.120. The summed E-state index contributed by atoms with van der Waals surface area (Å²) in [6, 6.07) is 2.44. The van der Waals surface area contributed by atoms with Gasteiger partial charge in [0.2, 0.25) is 0 Å². The molecule has 0 fully saturated rings. The lowest BCUT2D eigenvalue weighted by atomic mass is 10.1. The number of alkyl halides is 6. The molecular formula is C14H4ClF6N3O. The SMILES string of the molecule is [N]c1cc(C(F)(F)F)cc(=O)n1-c1c(Cl)cc(C(F)(F)F)cc1C#N. The Morgan fingerprint density at radius 1 is 0.960 bits per heavy atom. The van der Waals surface area contributed by atoms with Gasteiger partial charge >= 0.3 is 12.4 Å². The summed E-state index contributed by atoms with van der Waals surface area (Å²) in [6.07, 6.45) is -9.78. The van der Waals surface area contributed by atoms with Crippen LogP contribution in [0.2, 0.25) is 5.02 Å². The van der Waals surface area contributed by atoms with Crippen molar-refractivity contribution in [3.8, 4) is 11.8 Å². The lowest BCUT2D eigenvalue weighted by molar-refractivity contribution is -0.138. The molecule has 0 aliphatic heterocycles. The summed E-state index contributed by atoms with van der Waals surface area (Å²) in [5.74, 6) is -1.24. The fourth-order valence-electron chi connectivity index (χ4n) is 2.02. The molecular weight excluding hydrogens is 376 g/mol. The average molecular weight is 380 g/mol. The molecule has 11 heteroatoms. The second-order valence-electron chi connectivity index (χ2n) is 4.74. The van der Waals surface area contributed by atoms with Gasteiger partial charge in [-0.05, 0) is 18.2 Å². The molecule has 25 heavy (non-hydrogen) atoms. The first-order chi connectivity index (χ1) is 11.4. The second kappa shape index (κ2) is 6.00. The molecule has 0 aliphatic rings. The molecule has 1 aromatic heterocycles. The summed E-state index contributed by atoms with van der Waals surface area (Å²) >= 11 is 5.68. The molecule has 0 N–H and O–H groups in total. The van der Waals surface area contributed by atoms with Gasteiger partial charge in [-0.25, -0.2) is 0 Å². The topological polar surface area (TPSA) is 68.1 Å². The zero-order valence-electron chi connectivity index (χ0n) is 11.7. The minimum Gasteiger partial charge on any atom is -0.269 e. The van der Waals surface area contributed by atoms with Crippen molar-refractivity contribution in [3.05, 3.63) is 56.3 Å². The van der Waals surface area contributed by atoms with Gasteiger partial charge in [0.1, 0.15) is 6.07 Å². The van der Waals surface area contributed by atoms with Crippen LogP contribution in [0.3, 0.4) is 0 Å². The van der Waals surface area contributed by atoms with Crippen LogP contribution in [0.15, 0.2) is 29.1 Å². The minimum atomic E-state index is -4.93. The zero-order chi connectivity index (χ0) is 19.2. The van der Waals surface area contributed by atoms with Crippen LogP contribution in [0, 0.1) is 11.3 Å². The van der Waals surface area contributed by atoms with Gasteiger partial charge in [-0.15, -0.1) is 5.73 Å². The Hall–Kier alpha value is -2.67. The summed E-state index contributed by atoms with van der Waals surface area (Å²) in [7, 11) is 0. The number of rotatable bonds is 1. The largest absolute Gasteiger partial charge is 0.416 e. The first-order valence-electron chi connectivity index (χ1n) is 6.20. The molecule has 0 spiro atoms. The smallest absolute Gasteiger partial charge is 0.269 e. The van der Waals surface area contributed by atoms with Crippen LogP contribution < -0.4 is 11.3 Å². The van der Waals surface area contributed by atoms with Crippen LogP contribution >= 0.6 is 11.6 Å². The molecule has 130 valence electrons. The van der Waals surface area contributed by atoms with Gasteiger partial charge < -0.3 is 0 Å². The Labute approximate surface area is 140 Å². The van der Waals surface area contributed by atoms with E-state index in [9.17, 15) is 36.9 Å². The molecule has 0 aliphatic carbocycles. The van der Waals surface area contributed by atoms with Crippen LogP contribution in [0.5, 0.6) is 0 Å². The number of aromatic nitrogens is 1. The fraction of sp³-hybridized carbons (Fsp3) is 0.143. The Bertz CT molecular complexity index is 940.